The van der Waals surface area contributed by atoms with Crippen molar-refractivity contribution in [1.29, 1.82) is 5.26 Å². The number of hydrogen-bond donors (Lipinski definition) is 4. The zero-order valence-corrected chi connectivity index (χ0v) is 52.8. The molecule has 3 heterocycles. The number of aryl methyl sites for hydroxylation is 2. The second-order valence-electron chi connectivity index (χ2n) is 24.2. The molecule has 0 unspecified atom stereocenters. The molecular weight excluding hydrogens is 1180 g/mol. The molecule has 0 aliphatic carbocycles. The molecule has 0 saturated carbocycles. The number of rotatable bonds is 29. The topological polar surface area (TPSA) is 228 Å². The van der Waals surface area contributed by atoms with E-state index in [1.807, 2.05) is 78.2 Å². The minimum absolute atomic E-state index is 0.00888. The van der Waals surface area contributed by atoms with Crippen LogP contribution in [-0.2, 0) is 50.0 Å². The fraction of sp³-hybridized carbons (Fsp3) is 0.492. The molecule has 17 nitrogen and oxygen atoms in total. The first kappa shape index (κ1) is 68.2. The van der Waals surface area contributed by atoms with Crippen LogP contribution in [0.3, 0.4) is 0 Å². The van der Waals surface area contributed by atoms with E-state index in [1.54, 1.807) is 17.4 Å². The smallest absolute Gasteiger partial charge is 0.246 e. The highest BCUT2D eigenvalue weighted by Gasteiger charge is 2.61. The van der Waals surface area contributed by atoms with Crippen LogP contribution in [0.4, 0.5) is 14.5 Å². The summed E-state index contributed by atoms with van der Waals surface area (Å²) in [6, 6.07) is 19.2. The zero-order chi connectivity index (χ0) is 63.2. The van der Waals surface area contributed by atoms with Crippen LogP contribution in [0.25, 0.3) is 10.4 Å². The normalized spacial score (nSPS) is 19.8. The Kier molecular flexibility index (Phi) is 24.1. The molecule has 7 atom stereocenters. The summed E-state index contributed by atoms with van der Waals surface area (Å²) in [6.07, 6.45) is 0.774. The molecule has 87 heavy (non-hydrogen) atoms. The van der Waals surface area contributed by atoms with Gasteiger partial charge in [-0.3, -0.25) is 24.0 Å². The molecule has 2 aliphatic rings. The molecule has 0 spiro atoms. The number of anilines is 1. The lowest BCUT2D eigenvalue weighted by atomic mass is 9.62. The van der Waals surface area contributed by atoms with Gasteiger partial charge < -0.3 is 49.6 Å². The Hall–Kier alpha value is -6.25. The molecular formula is C65H78Cl2F2N6O11S. The molecule has 2 fully saturated rings. The summed E-state index contributed by atoms with van der Waals surface area (Å²) in [5.74, 6) is -4.71. The molecule has 468 valence electrons. The summed E-state index contributed by atoms with van der Waals surface area (Å²) in [4.78, 5) is 75.4. The van der Waals surface area contributed by atoms with Crippen molar-refractivity contribution in [2.75, 3.05) is 71.8 Å². The molecule has 4 aromatic carbocycles. The number of thiazole rings is 1. The maximum Gasteiger partial charge on any atom is 0.246 e. The number of carbonyl (C=O) groups excluding carboxylic acids is 5. The highest BCUT2D eigenvalue weighted by Crippen LogP contribution is 2.53. The van der Waals surface area contributed by atoms with Gasteiger partial charge >= 0.3 is 0 Å². The van der Waals surface area contributed by atoms with Crippen molar-refractivity contribution in [3.05, 3.63) is 134 Å². The molecule has 22 heteroatoms. The van der Waals surface area contributed by atoms with Crippen molar-refractivity contribution in [2.24, 2.45) is 10.8 Å². The van der Waals surface area contributed by atoms with Crippen LogP contribution in [0.2, 0.25) is 10.0 Å². The van der Waals surface area contributed by atoms with Crippen molar-refractivity contribution < 1.29 is 61.5 Å². The number of benzene rings is 4. The number of aromatic nitrogens is 1. The summed E-state index contributed by atoms with van der Waals surface area (Å²) >= 11 is 14.0. The standard InChI is InChI=1S/C65H78Cl2F2N6O11S/c1-39-59(87-38-71-39)41-17-14-40(15-18-41)16-23-52(78)50-33-44(76)35-75(50)62(81)60(64(5,6)7)74-55(79)36-86-30-29-85-28-27-84-26-25-83-24-10-13-51(77)42-19-22-49(53(31-42)82-8)72-61(80)58-56(45-11-9-12-47(67)57(45)69)65(37-70,54(73-58)34-63(2,3)4)46-21-20-43(66)32-48(46)68/h9,11-12,14-15,17-22,31-32,38,44,50,54,56,58,60,73,76H,10,13,16,23-30,33-36H2,1-8H3,(H,72,80)(H,74,79)/t44-,50+,54-,56-,58+,60-,65-/m1/s1. The van der Waals surface area contributed by atoms with Gasteiger partial charge in [0.25, 0.3) is 0 Å². The lowest BCUT2D eigenvalue weighted by Gasteiger charge is -2.37. The number of ether oxygens (including phenoxy) is 5. The molecule has 0 radical (unpaired) electrons. The Morgan fingerprint density at radius 2 is 1.57 bits per heavy atom. The lowest BCUT2D eigenvalue weighted by molar-refractivity contribution is -0.144. The van der Waals surface area contributed by atoms with Crippen LogP contribution in [0, 0.1) is 40.7 Å². The number of nitrogens with zero attached hydrogens (tertiary/aromatic N) is 3. The van der Waals surface area contributed by atoms with Gasteiger partial charge in [-0.25, -0.2) is 13.8 Å². The van der Waals surface area contributed by atoms with E-state index in [9.17, 15) is 34.3 Å². The number of β-amino-alcohol motifs (C(OH)–C–C–N with tert-alkyl or cyclic N) is 1. The number of carbonyl (C=O) groups is 5. The number of ketones is 2. The van der Waals surface area contributed by atoms with Gasteiger partial charge in [-0.15, -0.1) is 11.3 Å². The summed E-state index contributed by atoms with van der Waals surface area (Å²) in [7, 11) is 1.38. The van der Waals surface area contributed by atoms with E-state index in [4.69, 9.17) is 46.9 Å². The average Bonchev–Trinajstić information content (AvgIpc) is 1.60. The molecule has 2 aliphatic heterocycles. The number of methoxy groups -OCH3 is 1. The maximum atomic E-state index is 16.2. The predicted octanol–water partition coefficient (Wildman–Crippen LogP) is 10.4. The molecule has 5 aromatic rings. The average molecular weight is 1260 g/mol. The van der Waals surface area contributed by atoms with Crippen molar-refractivity contribution >= 4 is 69.5 Å². The molecule has 7 rings (SSSR count). The first-order valence-corrected chi connectivity index (χ1v) is 30.7. The highest BCUT2D eigenvalue weighted by atomic mass is 35.5. The largest absolute Gasteiger partial charge is 0.495 e. The van der Waals surface area contributed by atoms with Gasteiger partial charge in [0.05, 0.1) is 97.8 Å². The van der Waals surface area contributed by atoms with Gasteiger partial charge in [-0.2, -0.15) is 5.26 Å². The summed E-state index contributed by atoms with van der Waals surface area (Å²) in [5.41, 5.74) is 2.25. The Balaban J connectivity index is 0.795. The van der Waals surface area contributed by atoms with E-state index in [1.165, 1.54) is 54.5 Å². The third-order valence-electron chi connectivity index (χ3n) is 15.5. The Labute approximate surface area is 521 Å². The van der Waals surface area contributed by atoms with Gasteiger partial charge in [0.15, 0.2) is 11.6 Å². The zero-order valence-electron chi connectivity index (χ0n) is 50.4. The van der Waals surface area contributed by atoms with Crippen LogP contribution in [0.15, 0.2) is 84.4 Å². The summed E-state index contributed by atoms with van der Waals surface area (Å²) in [6.45, 7) is 14.6. The number of nitriles is 1. The second-order valence-corrected chi connectivity index (χ2v) is 25.9. The van der Waals surface area contributed by atoms with Crippen LogP contribution in [0.1, 0.15) is 112 Å². The number of amides is 3. The maximum absolute atomic E-state index is 16.2. The van der Waals surface area contributed by atoms with Crippen molar-refractivity contribution in [2.45, 2.75) is 129 Å². The number of nitrogens with one attached hydrogen (secondary N) is 3. The quantitative estimate of drug-likeness (QED) is 0.0258. The fourth-order valence-electron chi connectivity index (χ4n) is 11.3. The minimum Gasteiger partial charge on any atom is -0.495 e. The molecule has 1 aromatic heterocycles. The van der Waals surface area contributed by atoms with Crippen molar-refractivity contribution in [1.82, 2.24) is 20.5 Å². The monoisotopic (exact) mass is 1260 g/mol. The van der Waals surface area contributed by atoms with E-state index < -0.39 is 81.8 Å². The van der Waals surface area contributed by atoms with Crippen LogP contribution in [-0.4, -0.2) is 141 Å². The molecule has 3 amide bonds. The third-order valence-corrected chi connectivity index (χ3v) is 17.0. The third kappa shape index (κ3) is 17.5. The Morgan fingerprint density at radius 1 is 0.897 bits per heavy atom. The fourth-order valence-corrected chi connectivity index (χ4v) is 12.4. The molecule has 2 saturated heterocycles. The summed E-state index contributed by atoms with van der Waals surface area (Å²) < 4.78 is 60.3. The van der Waals surface area contributed by atoms with E-state index in [0.717, 1.165) is 27.8 Å². The van der Waals surface area contributed by atoms with Gasteiger partial charge in [-0.1, -0.05) is 107 Å². The number of hydrogen-bond acceptors (Lipinski definition) is 15. The number of Topliss-reactive ketones (excluding diaryl/α,β-unsaturated/α-hetero) is 2. The van der Waals surface area contributed by atoms with Gasteiger partial charge in [0.1, 0.15) is 35.4 Å². The Morgan fingerprint density at radius 3 is 2.20 bits per heavy atom. The first-order chi connectivity index (χ1) is 41.4. The van der Waals surface area contributed by atoms with Gasteiger partial charge in [-0.05, 0) is 90.1 Å². The van der Waals surface area contributed by atoms with Crippen molar-refractivity contribution in [3.63, 3.8) is 0 Å². The van der Waals surface area contributed by atoms with E-state index in [0.29, 0.717) is 18.4 Å². The van der Waals surface area contributed by atoms with Gasteiger partial charge in [0, 0.05) is 60.5 Å². The van der Waals surface area contributed by atoms with E-state index in [-0.39, 0.29) is 129 Å². The van der Waals surface area contributed by atoms with Crippen LogP contribution < -0.4 is 20.7 Å². The number of aliphatic hydroxyl groups excluding tert-OH is 1. The predicted molar refractivity (Wildman–Crippen MR) is 329 cm³/mol. The molecule has 0 bridgehead atoms. The van der Waals surface area contributed by atoms with E-state index in [2.05, 4.69) is 27.0 Å². The highest BCUT2D eigenvalue weighted by molar-refractivity contribution is 7.13. The SMILES string of the molecule is COc1cc(C(=O)CCCOCCOCCOCCOCC(=O)N[C@H](C(=O)N2C[C@H](O)C[C@H]2C(=O)CCc2ccc(-c3scnc3C)cc2)C(C)(C)C)ccc1NC(=O)[C@H]1N[C@H](CC(C)(C)C)[C@@](C#N)(c2ccc(Cl)cc2F)[C@@H]1c1cccc(Cl)c1F. The van der Waals surface area contributed by atoms with Gasteiger partial charge in [0.2, 0.25) is 17.7 Å². The van der Waals surface area contributed by atoms with Crippen LogP contribution >= 0.6 is 34.5 Å². The number of halogens is 4. The number of aliphatic hydroxyl groups is 1. The van der Waals surface area contributed by atoms with Crippen molar-refractivity contribution in [3.8, 4) is 22.3 Å². The lowest BCUT2D eigenvalue weighted by Crippen LogP contribution is -2.57. The Bertz CT molecular complexity index is 3260. The number of likely N-dealkylation sites (tertiary alicyclic amines) is 1. The van der Waals surface area contributed by atoms with Crippen LogP contribution in [0.5, 0.6) is 5.75 Å². The first-order valence-electron chi connectivity index (χ1n) is 29.1. The minimum atomic E-state index is -1.83. The summed E-state index contributed by atoms with van der Waals surface area (Å²) in [5, 5.41) is 30.6. The molecule has 4 N–H and O–H groups in total. The second kappa shape index (κ2) is 30.8. The van der Waals surface area contributed by atoms with E-state index >= 15 is 8.78 Å².